The maximum Gasteiger partial charge on any atom is 0.419 e. The van der Waals surface area contributed by atoms with Gasteiger partial charge in [0.15, 0.2) is 0 Å². The third-order valence-electron chi connectivity index (χ3n) is 1.74. The van der Waals surface area contributed by atoms with Gasteiger partial charge in [0.25, 0.3) is 6.43 Å². The highest BCUT2D eigenvalue weighted by Gasteiger charge is 2.41. The largest absolute Gasteiger partial charge is 0.478 e. The van der Waals surface area contributed by atoms with Crippen LogP contribution in [-0.2, 0) is 6.18 Å². The summed E-state index contributed by atoms with van der Waals surface area (Å²) < 4.78 is 62.2. The molecule has 1 aromatic rings. The summed E-state index contributed by atoms with van der Waals surface area (Å²) in [6, 6.07) is 0.595. The van der Waals surface area contributed by atoms with Crippen molar-refractivity contribution in [3.05, 3.63) is 26.6 Å². The van der Waals surface area contributed by atoms with E-state index in [4.69, 9.17) is 5.11 Å². The van der Waals surface area contributed by atoms with Crippen LogP contribution in [0.4, 0.5) is 22.0 Å². The van der Waals surface area contributed by atoms with Gasteiger partial charge < -0.3 is 5.11 Å². The number of carboxylic acids is 1. The number of pyridine rings is 1. The first-order chi connectivity index (χ1) is 7.64. The van der Waals surface area contributed by atoms with Crippen LogP contribution in [0.2, 0.25) is 0 Å². The van der Waals surface area contributed by atoms with Crippen molar-refractivity contribution in [2.75, 3.05) is 0 Å². The van der Waals surface area contributed by atoms with Crippen LogP contribution in [0.3, 0.4) is 0 Å². The molecular weight excluding hydrogens is 364 g/mol. The van der Waals surface area contributed by atoms with Gasteiger partial charge in [-0.15, -0.1) is 0 Å². The molecule has 1 heterocycles. The molecule has 1 rings (SSSR count). The van der Waals surface area contributed by atoms with Gasteiger partial charge in [-0.3, -0.25) is 0 Å². The molecule has 1 aromatic heterocycles. The third-order valence-corrected chi connectivity index (χ3v) is 2.29. The Morgan fingerprint density at radius 2 is 1.94 bits per heavy atom. The first-order valence-corrected chi connectivity index (χ1v) is 5.01. The molecule has 0 saturated heterocycles. The number of rotatable bonds is 2. The number of halogens is 6. The fraction of sp³-hybridized carbons (Fsp3) is 0.250. The summed E-state index contributed by atoms with van der Waals surface area (Å²) in [7, 11) is 0. The minimum Gasteiger partial charge on any atom is -0.478 e. The van der Waals surface area contributed by atoms with E-state index in [1.165, 1.54) is 22.6 Å². The van der Waals surface area contributed by atoms with Crippen molar-refractivity contribution in [1.29, 1.82) is 0 Å². The van der Waals surface area contributed by atoms with E-state index >= 15 is 0 Å². The highest BCUT2D eigenvalue weighted by atomic mass is 127. The van der Waals surface area contributed by atoms with E-state index in [0.29, 0.717) is 6.07 Å². The Kier molecular flexibility index (Phi) is 3.89. The molecule has 0 aliphatic heterocycles. The van der Waals surface area contributed by atoms with Gasteiger partial charge in [0.1, 0.15) is 9.39 Å². The molecule has 0 unspecified atom stereocenters. The molecule has 17 heavy (non-hydrogen) atoms. The Morgan fingerprint density at radius 3 is 2.29 bits per heavy atom. The number of carboxylic acid groups (broad SMARTS) is 1. The van der Waals surface area contributed by atoms with Crippen LogP contribution < -0.4 is 0 Å². The summed E-state index contributed by atoms with van der Waals surface area (Å²) >= 11 is 1.37. The van der Waals surface area contributed by atoms with Crippen molar-refractivity contribution >= 4 is 28.6 Å². The molecule has 0 atom stereocenters. The fourth-order valence-electron chi connectivity index (χ4n) is 1.16. The normalized spacial score (nSPS) is 11.9. The quantitative estimate of drug-likeness (QED) is 0.496. The lowest BCUT2D eigenvalue weighted by Crippen LogP contribution is -2.18. The average molecular weight is 367 g/mol. The minimum absolute atomic E-state index is 0.247. The Morgan fingerprint density at radius 1 is 1.41 bits per heavy atom. The van der Waals surface area contributed by atoms with Crippen molar-refractivity contribution in [3.8, 4) is 0 Å². The summed E-state index contributed by atoms with van der Waals surface area (Å²) in [6.45, 7) is 0. The first-order valence-electron chi connectivity index (χ1n) is 3.93. The van der Waals surface area contributed by atoms with Gasteiger partial charge in [-0.25, -0.2) is 18.6 Å². The standard InChI is InChI=1S/C8H3F5INO2/c9-6(10)5-4(8(11,12)13)2(7(16)17)1-3(14)15-5/h1,6H,(H,16,17). The van der Waals surface area contributed by atoms with E-state index in [0.717, 1.165) is 0 Å². The molecular formula is C8H3F5INO2. The van der Waals surface area contributed by atoms with Crippen molar-refractivity contribution < 1.29 is 31.9 Å². The topological polar surface area (TPSA) is 50.2 Å². The van der Waals surface area contributed by atoms with Gasteiger partial charge >= 0.3 is 12.1 Å². The summed E-state index contributed by atoms with van der Waals surface area (Å²) in [5.74, 6) is -1.93. The predicted molar refractivity (Wildman–Crippen MR) is 53.9 cm³/mol. The average Bonchev–Trinajstić information content (AvgIpc) is 2.14. The zero-order valence-electron chi connectivity index (χ0n) is 7.73. The molecule has 0 amide bonds. The molecule has 0 saturated carbocycles. The second-order valence-electron chi connectivity index (χ2n) is 2.86. The lowest BCUT2D eigenvalue weighted by atomic mass is 10.1. The molecule has 1 N–H and O–H groups in total. The number of nitrogens with zero attached hydrogens (tertiary/aromatic N) is 1. The summed E-state index contributed by atoms with van der Waals surface area (Å²) in [4.78, 5) is 13.7. The molecule has 0 radical (unpaired) electrons. The summed E-state index contributed by atoms with van der Waals surface area (Å²) in [6.07, 6.45) is -8.70. The lowest BCUT2D eigenvalue weighted by Gasteiger charge is -2.14. The van der Waals surface area contributed by atoms with Gasteiger partial charge in [-0.05, 0) is 28.7 Å². The van der Waals surface area contributed by atoms with E-state index in [9.17, 15) is 26.7 Å². The lowest BCUT2D eigenvalue weighted by molar-refractivity contribution is -0.140. The van der Waals surface area contributed by atoms with Gasteiger partial charge in [-0.1, -0.05) is 0 Å². The molecule has 0 aromatic carbocycles. The van der Waals surface area contributed by atoms with E-state index in [1.807, 2.05) is 0 Å². The summed E-state index contributed by atoms with van der Waals surface area (Å²) in [5.41, 5.74) is -4.70. The molecule has 0 spiro atoms. The predicted octanol–water partition coefficient (Wildman–Crippen LogP) is 3.34. The van der Waals surface area contributed by atoms with Crippen LogP contribution in [-0.4, -0.2) is 16.1 Å². The Hall–Kier alpha value is -1.00. The highest BCUT2D eigenvalue weighted by molar-refractivity contribution is 14.1. The number of carbonyl (C=O) groups is 1. The Balaban J connectivity index is 3.66. The van der Waals surface area contributed by atoms with Crippen molar-refractivity contribution in [3.63, 3.8) is 0 Å². The molecule has 0 aliphatic rings. The van der Waals surface area contributed by atoms with Crippen LogP contribution in [0, 0.1) is 3.70 Å². The number of aromatic nitrogens is 1. The van der Waals surface area contributed by atoms with Crippen LogP contribution in [0.1, 0.15) is 28.0 Å². The van der Waals surface area contributed by atoms with Gasteiger partial charge in [0.05, 0.1) is 11.1 Å². The van der Waals surface area contributed by atoms with Gasteiger partial charge in [0.2, 0.25) is 0 Å². The number of hydrogen-bond acceptors (Lipinski definition) is 2. The molecule has 9 heteroatoms. The zero-order chi connectivity index (χ0) is 13.4. The van der Waals surface area contributed by atoms with Crippen molar-refractivity contribution in [2.24, 2.45) is 0 Å². The van der Waals surface area contributed by atoms with Crippen molar-refractivity contribution in [2.45, 2.75) is 12.6 Å². The molecule has 94 valence electrons. The molecule has 0 fully saturated rings. The van der Waals surface area contributed by atoms with Crippen LogP contribution >= 0.6 is 22.6 Å². The van der Waals surface area contributed by atoms with Crippen LogP contribution in [0.5, 0.6) is 0 Å². The van der Waals surface area contributed by atoms with E-state index in [2.05, 4.69) is 4.98 Å². The Labute approximate surface area is 105 Å². The fourth-order valence-corrected chi connectivity index (χ4v) is 1.73. The maximum absolute atomic E-state index is 12.5. The summed E-state index contributed by atoms with van der Waals surface area (Å²) in [5, 5.41) is 8.58. The minimum atomic E-state index is -5.20. The van der Waals surface area contributed by atoms with E-state index in [-0.39, 0.29) is 3.70 Å². The smallest absolute Gasteiger partial charge is 0.419 e. The van der Waals surface area contributed by atoms with Crippen molar-refractivity contribution in [1.82, 2.24) is 4.98 Å². The molecule has 3 nitrogen and oxygen atoms in total. The highest BCUT2D eigenvalue weighted by Crippen LogP contribution is 2.38. The number of aromatic carboxylic acids is 1. The van der Waals surface area contributed by atoms with E-state index in [1.54, 1.807) is 0 Å². The second-order valence-corrected chi connectivity index (χ2v) is 3.96. The number of hydrogen-bond donors (Lipinski definition) is 1. The molecule has 0 aliphatic carbocycles. The number of alkyl halides is 5. The first kappa shape index (κ1) is 14.1. The SMILES string of the molecule is O=C(O)c1cc(I)nc(C(F)F)c1C(F)(F)F. The molecule has 0 bridgehead atoms. The van der Waals surface area contributed by atoms with Crippen LogP contribution in [0.25, 0.3) is 0 Å². The van der Waals surface area contributed by atoms with E-state index < -0.39 is 35.4 Å². The third kappa shape index (κ3) is 3.01. The second kappa shape index (κ2) is 4.70. The maximum atomic E-state index is 12.5. The zero-order valence-corrected chi connectivity index (χ0v) is 9.88. The Bertz CT molecular complexity index is 460. The van der Waals surface area contributed by atoms with Crippen LogP contribution in [0.15, 0.2) is 6.07 Å². The monoisotopic (exact) mass is 367 g/mol. The van der Waals surface area contributed by atoms with Gasteiger partial charge in [0, 0.05) is 0 Å². The van der Waals surface area contributed by atoms with Gasteiger partial charge in [-0.2, -0.15) is 13.2 Å².